The molecule has 0 saturated carbocycles. The molecule has 116 valence electrons. The van der Waals surface area contributed by atoms with Crippen LogP contribution in [0.2, 0.25) is 0 Å². The first kappa shape index (κ1) is 16.2. The van der Waals surface area contributed by atoms with E-state index in [-0.39, 0.29) is 5.41 Å². The van der Waals surface area contributed by atoms with Crippen LogP contribution in [0.5, 0.6) is 0 Å². The quantitative estimate of drug-likeness (QED) is 0.847. The Balaban J connectivity index is 2.18. The Hall–Kier alpha value is -1.14. The number of nitrogens with zero attached hydrogens (tertiary/aromatic N) is 1. The van der Waals surface area contributed by atoms with E-state index in [0.717, 1.165) is 5.69 Å². The minimum atomic E-state index is -0.982. The van der Waals surface area contributed by atoms with E-state index < -0.39 is 24.0 Å². The van der Waals surface area contributed by atoms with Gasteiger partial charge in [-0.25, -0.2) is 4.39 Å². The molecule has 1 aromatic heterocycles. The highest BCUT2D eigenvalue weighted by molar-refractivity contribution is 6.54. The van der Waals surface area contributed by atoms with Crippen LogP contribution in [0.3, 0.4) is 0 Å². The molecular formula is C15H24BFN2O2. The minimum Gasteiger partial charge on any atom is -0.398 e. The summed E-state index contributed by atoms with van der Waals surface area (Å²) in [5, 5.41) is 7.05. The van der Waals surface area contributed by atoms with Gasteiger partial charge in [0.1, 0.15) is 5.73 Å². The van der Waals surface area contributed by atoms with Gasteiger partial charge in [-0.2, -0.15) is 5.10 Å². The molecule has 4 nitrogen and oxygen atoms in total. The molecule has 1 N–H and O–H groups in total. The fraction of sp³-hybridized carbons (Fsp3) is 0.667. The van der Waals surface area contributed by atoms with Crippen LogP contribution < -0.4 is 0 Å². The van der Waals surface area contributed by atoms with Crippen molar-refractivity contribution in [3.05, 3.63) is 23.2 Å². The fourth-order valence-electron chi connectivity index (χ4n) is 1.96. The van der Waals surface area contributed by atoms with E-state index >= 15 is 0 Å². The molecule has 0 bridgehead atoms. The average Bonchev–Trinajstić information content (AvgIpc) is 2.82. The molecule has 1 fully saturated rings. The third kappa shape index (κ3) is 3.21. The lowest BCUT2D eigenvalue weighted by Crippen LogP contribution is -2.41. The van der Waals surface area contributed by atoms with Gasteiger partial charge in [0.25, 0.3) is 0 Å². The van der Waals surface area contributed by atoms with Crippen LogP contribution in [-0.4, -0.2) is 28.5 Å². The second-order valence-electron chi connectivity index (χ2n) is 7.57. The Kier molecular flexibility index (Phi) is 3.83. The highest BCUT2D eigenvalue weighted by Gasteiger charge is 2.53. The van der Waals surface area contributed by atoms with Gasteiger partial charge >= 0.3 is 7.12 Å². The zero-order valence-electron chi connectivity index (χ0n) is 13.9. The van der Waals surface area contributed by atoms with Crippen molar-refractivity contribution in [2.75, 3.05) is 0 Å². The molecule has 0 aromatic carbocycles. The number of rotatable bonds is 2. The number of halogens is 1. The molecule has 0 radical (unpaired) electrons. The second kappa shape index (κ2) is 4.95. The summed E-state index contributed by atoms with van der Waals surface area (Å²) in [6.07, 6.45) is 1.36. The largest absolute Gasteiger partial charge is 0.525 e. The SMILES string of the molecule is CC(C)(C)c1cc(C=C(F)B2OC(C)(C)C(C)(C)O2)n[nH]1. The first-order valence-electron chi connectivity index (χ1n) is 7.21. The lowest BCUT2D eigenvalue weighted by molar-refractivity contribution is 0.00578. The van der Waals surface area contributed by atoms with Crippen LogP contribution in [0, 0.1) is 0 Å². The molecule has 1 aliphatic rings. The molecule has 0 amide bonds. The maximum atomic E-state index is 14.3. The van der Waals surface area contributed by atoms with Gasteiger partial charge in [0.05, 0.1) is 16.9 Å². The van der Waals surface area contributed by atoms with E-state index in [4.69, 9.17) is 9.31 Å². The van der Waals surface area contributed by atoms with Crippen LogP contribution in [-0.2, 0) is 14.7 Å². The van der Waals surface area contributed by atoms with Crippen molar-refractivity contribution in [2.45, 2.75) is 65.1 Å². The Bertz CT molecular complexity index is 542. The Morgan fingerprint density at radius 3 is 2.19 bits per heavy atom. The molecule has 2 rings (SSSR count). The normalized spacial score (nSPS) is 21.9. The van der Waals surface area contributed by atoms with Gasteiger partial charge < -0.3 is 9.31 Å². The third-order valence-corrected chi connectivity index (χ3v) is 4.17. The van der Waals surface area contributed by atoms with Crippen LogP contribution >= 0.6 is 0 Å². The van der Waals surface area contributed by atoms with Crippen molar-refractivity contribution in [1.29, 1.82) is 0 Å². The summed E-state index contributed by atoms with van der Waals surface area (Å²) in [5.41, 5.74) is -0.140. The van der Waals surface area contributed by atoms with E-state index in [2.05, 4.69) is 31.0 Å². The summed E-state index contributed by atoms with van der Waals surface area (Å²) < 4.78 is 25.7. The van der Waals surface area contributed by atoms with Crippen molar-refractivity contribution in [3.63, 3.8) is 0 Å². The van der Waals surface area contributed by atoms with Crippen molar-refractivity contribution in [3.8, 4) is 0 Å². The monoisotopic (exact) mass is 294 g/mol. The molecule has 0 aliphatic carbocycles. The molecule has 21 heavy (non-hydrogen) atoms. The zero-order valence-corrected chi connectivity index (χ0v) is 13.9. The number of aromatic amines is 1. The van der Waals surface area contributed by atoms with Gasteiger partial charge in [-0.15, -0.1) is 0 Å². The van der Waals surface area contributed by atoms with E-state index in [1.165, 1.54) is 6.08 Å². The van der Waals surface area contributed by atoms with Crippen LogP contribution in [0.4, 0.5) is 4.39 Å². The molecule has 0 spiro atoms. The lowest BCUT2D eigenvalue weighted by atomic mass is 9.87. The summed E-state index contributed by atoms with van der Waals surface area (Å²) in [4.78, 5) is 0. The molecule has 1 aromatic rings. The number of nitrogens with one attached hydrogen (secondary N) is 1. The summed E-state index contributed by atoms with van der Waals surface area (Å²) in [6, 6.07) is 1.84. The van der Waals surface area contributed by atoms with Crippen LogP contribution in [0.25, 0.3) is 6.08 Å². The number of hydrogen-bond donors (Lipinski definition) is 1. The van der Waals surface area contributed by atoms with E-state index in [1.54, 1.807) is 0 Å². The molecule has 2 heterocycles. The van der Waals surface area contributed by atoms with Gasteiger partial charge in [-0.1, -0.05) is 20.8 Å². The predicted molar refractivity (Wildman–Crippen MR) is 82.5 cm³/mol. The van der Waals surface area contributed by atoms with Gasteiger partial charge in [0.15, 0.2) is 0 Å². The van der Waals surface area contributed by atoms with Crippen LogP contribution in [0.15, 0.2) is 11.8 Å². The molecule has 0 unspecified atom stereocenters. The maximum absolute atomic E-state index is 14.3. The number of aromatic nitrogens is 2. The van der Waals surface area contributed by atoms with E-state index in [0.29, 0.717) is 5.69 Å². The van der Waals surface area contributed by atoms with E-state index in [9.17, 15) is 4.39 Å². The van der Waals surface area contributed by atoms with Crippen molar-refractivity contribution in [1.82, 2.24) is 10.2 Å². The Morgan fingerprint density at radius 1 is 1.24 bits per heavy atom. The Morgan fingerprint density at radius 2 is 1.76 bits per heavy atom. The average molecular weight is 294 g/mol. The smallest absolute Gasteiger partial charge is 0.398 e. The van der Waals surface area contributed by atoms with Crippen molar-refractivity contribution in [2.24, 2.45) is 0 Å². The summed E-state index contributed by atoms with van der Waals surface area (Å²) in [7, 11) is -0.982. The third-order valence-electron chi connectivity index (χ3n) is 4.17. The lowest BCUT2D eigenvalue weighted by Gasteiger charge is -2.32. The molecule has 1 aliphatic heterocycles. The molecule has 1 saturated heterocycles. The van der Waals surface area contributed by atoms with Gasteiger partial charge in [0, 0.05) is 11.1 Å². The number of H-pyrrole nitrogens is 1. The standard InChI is InChI=1S/C15H24BFN2O2/c1-13(2,3)11-8-10(18-19-11)9-12(17)16-20-14(4,5)15(6,7)21-16/h8-9H,1-7H3,(H,18,19). The highest BCUT2D eigenvalue weighted by atomic mass is 19.1. The summed E-state index contributed by atoms with van der Waals surface area (Å²) in [6.45, 7) is 13.8. The molecule has 0 atom stereocenters. The predicted octanol–water partition coefficient (Wildman–Crippen LogP) is 3.65. The topological polar surface area (TPSA) is 47.1 Å². The summed E-state index contributed by atoms with van der Waals surface area (Å²) in [5.74, 6) is 0. The Labute approximate surface area is 126 Å². The van der Waals surface area contributed by atoms with Gasteiger partial charge in [-0.05, 0) is 39.8 Å². The minimum absolute atomic E-state index is 0.0556. The van der Waals surface area contributed by atoms with Crippen molar-refractivity contribution >= 4 is 13.2 Å². The first-order valence-corrected chi connectivity index (χ1v) is 7.21. The highest BCUT2D eigenvalue weighted by Crippen LogP contribution is 2.39. The molecular weight excluding hydrogens is 270 g/mol. The van der Waals surface area contributed by atoms with E-state index in [1.807, 2.05) is 33.8 Å². The van der Waals surface area contributed by atoms with Gasteiger partial charge in [-0.3, -0.25) is 5.10 Å². The van der Waals surface area contributed by atoms with Crippen molar-refractivity contribution < 1.29 is 13.7 Å². The van der Waals surface area contributed by atoms with Gasteiger partial charge in [0.2, 0.25) is 0 Å². The summed E-state index contributed by atoms with van der Waals surface area (Å²) >= 11 is 0. The molecule has 6 heteroatoms. The fourth-order valence-corrected chi connectivity index (χ4v) is 1.96. The first-order chi connectivity index (χ1) is 9.42. The number of hydrogen-bond acceptors (Lipinski definition) is 3. The second-order valence-corrected chi connectivity index (χ2v) is 7.57. The van der Waals surface area contributed by atoms with Crippen LogP contribution in [0.1, 0.15) is 59.9 Å². The zero-order chi connectivity index (χ0) is 16.1. The maximum Gasteiger partial charge on any atom is 0.525 e.